The Labute approximate surface area is 69.2 Å². The highest BCUT2D eigenvalue weighted by Gasteiger charge is 2.47. The van der Waals surface area contributed by atoms with Crippen molar-refractivity contribution in [3.63, 3.8) is 0 Å². The third-order valence-corrected chi connectivity index (χ3v) is 3.17. The highest BCUT2D eigenvalue weighted by molar-refractivity contribution is 5.01. The summed E-state index contributed by atoms with van der Waals surface area (Å²) in [5, 5.41) is 0. The molecule has 0 radical (unpaired) electrons. The Morgan fingerprint density at radius 1 is 1.27 bits per heavy atom. The zero-order chi connectivity index (χ0) is 8.01. The average Bonchev–Trinajstić information content (AvgIpc) is 2.58. The van der Waals surface area contributed by atoms with Crippen molar-refractivity contribution in [1.29, 1.82) is 0 Å². The number of likely N-dealkylation sites (tertiary alicyclic amines) is 1. The van der Waals surface area contributed by atoms with Crippen LogP contribution in [0.3, 0.4) is 0 Å². The van der Waals surface area contributed by atoms with Gasteiger partial charge in [-0.1, -0.05) is 0 Å². The van der Waals surface area contributed by atoms with Gasteiger partial charge in [0.2, 0.25) is 0 Å². The van der Waals surface area contributed by atoms with Gasteiger partial charge in [0.1, 0.15) is 0 Å². The van der Waals surface area contributed by atoms with Gasteiger partial charge < -0.3 is 9.80 Å². The van der Waals surface area contributed by atoms with Crippen LogP contribution in [0.15, 0.2) is 0 Å². The molecule has 0 N–H and O–H groups in total. The van der Waals surface area contributed by atoms with Gasteiger partial charge in [0, 0.05) is 19.1 Å². The Balaban J connectivity index is 1.75. The summed E-state index contributed by atoms with van der Waals surface area (Å²) >= 11 is 0. The Morgan fingerprint density at radius 2 is 1.91 bits per heavy atom. The Kier molecular flexibility index (Phi) is 1.69. The minimum atomic E-state index is 0.911. The van der Waals surface area contributed by atoms with E-state index in [0.29, 0.717) is 0 Å². The third kappa shape index (κ3) is 1.30. The lowest BCUT2D eigenvalue weighted by Crippen LogP contribution is -2.45. The van der Waals surface area contributed by atoms with Crippen LogP contribution in [0, 0.1) is 11.8 Å². The molecule has 2 fully saturated rings. The number of hydrogen-bond donors (Lipinski definition) is 0. The predicted octanol–water partition coefficient (Wildman–Crippen LogP) is 0.498. The first kappa shape index (κ1) is 7.56. The molecule has 1 aliphatic carbocycles. The van der Waals surface area contributed by atoms with Crippen molar-refractivity contribution in [2.45, 2.75) is 12.5 Å². The molecule has 2 rings (SSSR count). The van der Waals surface area contributed by atoms with Gasteiger partial charge in [-0.25, -0.2) is 0 Å². The fraction of sp³-hybridized carbons (Fsp3) is 1.00. The summed E-state index contributed by atoms with van der Waals surface area (Å²) in [5.74, 6) is 2.05. The van der Waals surface area contributed by atoms with Gasteiger partial charge in [0.15, 0.2) is 0 Å². The summed E-state index contributed by atoms with van der Waals surface area (Å²) in [6, 6.07) is 0.911. The Bertz CT molecular complexity index is 150. The molecule has 2 unspecified atom stereocenters. The second-order valence-corrected chi connectivity index (χ2v) is 4.41. The second kappa shape index (κ2) is 2.46. The maximum Gasteiger partial charge on any atom is 0.0125 e. The first-order valence-electron chi connectivity index (χ1n) is 4.53. The van der Waals surface area contributed by atoms with E-state index < -0.39 is 0 Å². The van der Waals surface area contributed by atoms with Gasteiger partial charge in [-0.3, -0.25) is 0 Å². The lowest BCUT2D eigenvalue weighted by molar-refractivity contribution is 0.108. The molecule has 1 heterocycles. The van der Waals surface area contributed by atoms with Crippen LogP contribution < -0.4 is 0 Å². The summed E-state index contributed by atoms with van der Waals surface area (Å²) in [6.45, 7) is 2.68. The van der Waals surface area contributed by atoms with E-state index in [-0.39, 0.29) is 0 Å². The second-order valence-electron chi connectivity index (χ2n) is 4.41. The normalized spacial score (nSPS) is 39.3. The first-order chi connectivity index (χ1) is 5.18. The largest absolute Gasteiger partial charge is 0.306 e. The molecule has 0 amide bonds. The van der Waals surface area contributed by atoms with Crippen molar-refractivity contribution in [2.75, 3.05) is 34.2 Å². The molecule has 0 spiro atoms. The summed E-state index contributed by atoms with van der Waals surface area (Å²) in [6.07, 6.45) is 1.45. The lowest BCUT2D eigenvalue weighted by Gasteiger charge is -2.37. The van der Waals surface area contributed by atoms with E-state index in [4.69, 9.17) is 0 Å². The van der Waals surface area contributed by atoms with Crippen LogP contribution in [0.5, 0.6) is 0 Å². The molecular formula is C9H18N2. The van der Waals surface area contributed by atoms with E-state index in [9.17, 15) is 0 Å². The van der Waals surface area contributed by atoms with Crippen molar-refractivity contribution in [2.24, 2.45) is 11.8 Å². The SMILES string of the molecule is CN1CC(C2CC2N(C)C)C1. The maximum atomic E-state index is 2.41. The van der Waals surface area contributed by atoms with Gasteiger partial charge in [0.25, 0.3) is 0 Å². The maximum absolute atomic E-state index is 2.41. The van der Waals surface area contributed by atoms with Crippen molar-refractivity contribution >= 4 is 0 Å². The Hall–Kier alpha value is -0.0800. The lowest BCUT2D eigenvalue weighted by atomic mass is 9.95. The molecule has 1 aliphatic heterocycles. The third-order valence-electron chi connectivity index (χ3n) is 3.17. The molecule has 64 valence electrons. The highest BCUT2D eigenvalue weighted by Crippen LogP contribution is 2.43. The smallest absolute Gasteiger partial charge is 0.0125 e. The molecule has 11 heavy (non-hydrogen) atoms. The van der Waals surface area contributed by atoms with E-state index in [1.165, 1.54) is 19.5 Å². The zero-order valence-electron chi connectivity index (χ0n) is 7.75. The van der Waals surface area contributed by atoms with Crippen LogP contribution in [-0.2, 0) is 0 Å². The molecule has 0 aromatic rings. The number of hydrogen-bond acceptors (Lipinski definition) is 2. The average molecular weight is 154 g/mol. The zero-order valence-corrected chi connectivity index (χ0v) is 7.75. The topological polar surface area (TPSA) is 6.48 Å². The fourth-order valence-corrected chi connectivity index (χ4v) is 2.32. The fourth-order valence-electron chi connectivity index (χ4n) is 2.32. The Morgan fingerprint density at radius 3 is 2.27 bits per heavy atom. The summed E-state index contributed by atoms with van der Waals surface area (Å²) in [5.41, 5.74) is 0. The molecule has 1 saturated carbocycles. The molecular weight excluding hydrogens is 136 g/mol. The summed E-state index contributed by atoms with van der Waals surface area (Å²) in [4.78, 5) is 4.79. The molecule has 0 aromatic heterocycles. The molecule has 2 atom stereocenters. The quantitative estimate of drug-likeness (QED) is 0.571. The molecule has 0 bridgehead atoms. The number of nitrogens with zero attached hydrogens (tertiary/aromatic N) is 2. The van der Waals surface area contributed by atoms with Crippen molar-refractivity contribution in [3.8, 4) is 0 Å². The standard InChI is InChI=1S/C9H18N2/c1-10(2)9-4-8(9)7-5-11(3)6-7/h7-9H,4-6H2,1-3H3. The van der Waals surface area contributed by atoms with Crippen molar-refractivity contribution in [3.05, 3.63) is 0 Å². The van der Waals surface area contributed by atoms with Gasteiger partial charge in [-0.2, -0.15) is 0 Å². The van der Waals surface area contributed by atoms with Crippen LogP contribution in [0.1, 0.15) is 6.42 Å². The first-order valence-corrected chi connectivity index (χ1v) is 4.53. The minimum absolute atomic E-state index is 0.911. The molecule has 1 saturated heterocycles. The summed E-state index contributed by atoms with van der Waals surface area (Å²) in [7, 11) is 6.61. The molecule has 0 aromatic carbocycles. The van der Waals surface area contributed by atoms with Crippen LogP contribution >= 0.6 is 0 Å². The van der Waals surface area contributed by atoms with E-state index in [0.717, 1.165) is 17.9 Å². The molecule has 2 heteroatoms. The van der Waals surface area contributed by atoms with Gasteiger partial charge in [0.05, 0.1) is 0 Å². The number of rotatable bonds is 2. The van der Waals surface area contributed by atoms with Crippen molar-refractivity contribution < 1.29 is 0 Å². The molecule has 2 aliphatic rings. The van der Waals surface area contributed by atoms with E-state index in [1.807, 2.05) is 0 Å². The van der Waals surface area contributed by atoms with Crippen LogP contribution in [0.4, 0.5) is 0 Å². The van der Waals surface area contributed by atoms with E-state index in [1.54, 1.807) is 0 Å². The predicted molar refractivity (Wildman–Crippen MR) is 46.6 cm³/mol. The van der Waals surface area contributed by atoms with Gasteiger partial charge in [-0.05, 0) is 39.4 Å². The van der Waals surface area contributed by atoms with Crippen LogP contribution in [-0.4, -0.2) is 50.1 Å². The van der Waals surface area contributed by atoms with Crippen LogP contribution in [0.25, 0.3) is 0 Å². The highest BCUT2D eigenvalue weighted by atomic mass is 15.2. The van der Waals surface area contributed by atoms with Gasteiger partial charge in [-0.15, -0.1) is 0 Å². The summed E-state index contributed by atoms with van der Waals surface area (Å²) < 4.78 is 0. The minimum Gasteiger partial charge on any atom is -0.306 e. The van der Waals surface area contributed by atoms with E-state index in [2.05, 4.69) is 30.9 Å². The van der Waals surface area contributed by atoms with E-state index >= 15 is 0 Å². The van der Waals surface area contributed by atoms with Crippen molar-refractivity contribution in [1.82, 2.24) is 9.80 Å². The molecule has 2 nitrogen and oxygen atoms in total. The van der Waals surface area contributed by atoms with Crippen LogP contribution in [0.2, 0.25) is 0 Å². The monoisotopic (exact) mass is 154 g/mol. The van der Waals surface area contributed by atoms with Gasteiger partial charge >= 0.3 is 0 Å².